The lowest BCUT2D eigenvalue weighted by Gasteiger charge is -2.16. The van der Waals surface area contributed by atoms with Crippen LogP contribution in [0.2, 0.25) is 10.0 Å². The Morgan fingerprint density at radius 3 is 2.40 bits per heavy atom. The minimum Gasteiger partial charge on any atom is -0.452 e. The first-order valence-corrected chi connectivity index (χ1v) is 12.6. The summed E-state index contributed by atoms with van der Waals surface area (Å²) in [6.45, 7) is 3.13. The Labute approximate surface area is 211 Å². The van der Waals surface area contributed by atoms with E-state index in [1.807, 2.05) is 6.92 Å². The standard InChI is InChI=1S/C25H19Cl2NO6S/c1-14-7-10-17(11-8-14)35(31,32)28-15(2)25(30)34-24-22(29)19-13-16(26)9-12-21(19)33-23(24)18-5-3-4-6-20(18)27/h3-13,15,28H,1-2H3/t15-/m1/s1. The summed E-state index contributed by atoms with van der Waals surface area (Å²) >= 11 is 12.3. The number of ether oxygens (including phenoxy) is 1. The maximum Gasteiger partial charge on any atom is 0.329 e. The van der Waals surface area contributed by atoms with Gasteiger partial charge in [0.15, 0.2) is 5.76 Å². The van der Waals surface area contributed by atoms with Crippen molar-refractivity contribution in [2.24, 2.45) is 0 Å². The highest BCUT2D eigenvalue weighted by molar-refractivity contribution is 7.89. The average Bonchev–Trinajstić information content (AvgIpc) is 2.81. The van der Waals surface area contributed by atoms with E-state index in [4.69, 9.17) is 32.4 Å². The number of carbonyl (C=O) groups excluding carboxylic acids is 1. The van der Waals surface area contributed by atoms with Gasteiger partial charge in [0.25, 0.3) is 0 Å². The summed E-state index contributed by atoms with van der Waals surface area (Å²) in [6.07, 6.45) is 0. The minimum atomic E-state index is -4.02. The maximum absolute atomic E-state index is 13.3. The summed E-state index contributed by atoms with van der Waals surface area (Å²) in [7, 11) is -4.02. The number of benzene rings is 3. The van der Waals surface area contributed by atoms with Crippen molar-refractivity contribution in [1.82, 2.24) is 4.72 Å². The van der Waals surface area contributed by atoms with Gasteiger partial charge in [-0.15, -0.1) is 0 Å². The van der Waals surface area contributed by atoms with Crippen LogP contribution in [0.4, 0.5) is 0 Å². The fourth-order valence-corrected chi connectivity index (χ4v) is 4.91. The van der Waals surface area contributed by atoms with Crippen LogP contribution in [0.5, 0.6) is 5.75 Å². The largest absolute Gasteiger partial charge is 0.452 e. The normalized spacial score (nSPS) is 12.5. The monoisotopic (exact) mass is 531 g/mol. The molecule has 0 spiro atoms. The molecule has 0 amide bonds. The first-order valence-electron chi connectivity index (χ1n) is 10.4. The predicted molar refractivity (Wildman–Crippen MR) is 135 cm³/mol. The minimum absolute atomic E-state index is 0.0145. The zero-order chi connectivity index (χ0) is 25.3. The van der Waals surface area contributed by atoms with E-state index in [0.717, 1.165) is 5.56 Å². The molecule has 0 unspecified atom stereocenters. The van der Waals surface area contributed by atoms with Gasteiger partial charge in [0, 0.05) is 10.6 Å². The molecule has 0 saturated carbocycles. The molecule has 1 aromatic heterocycles. The van der Waals surface area contributed by atoms with E-state index >= 15 is 0 Å². The van der Waals surface area contributed by atoms with Crippen molar-refractivity contribution in [2.45, 2.75) is 24.8 Å². The highest BCUT2D eigenvalue weighted by Gasteiger charge is 2.27. The molecule has 4 rings (SSSR count). The van der Waals surface area contributed by atoms with Crippen LogP contribution in [0.15, 0.2) is 80.8 Å². The topological polar surface area (TPSA) is 103 Å². The summed E-state index contributed by atoms with van der Waals surface area (Å²) in [5, 5.41) is 0.630. The number of hydrogen-bond acceptors (Lipinski definition) is 6. The molecular weight excluding hydrogens is 513 g/mol. The lowest BCUT2D eigenvalue weighted by molar-refractivity contribution is -0.135. The lowest BCUT2D eigenvalue weighted by atomic mass is 10.1. The summed E-state index contributed by atoms with van der Waals surface area (Å²) in [5.74, 6) is -1.51. The quantitative estimate of drug-likeness (QED) is 0.336. The van der Waals surface area contributed by atoms with Crippen LogP contribution in [0, 0.1) is 6.92 Å². The summed E-state index contributed by atoms with van der Waals surface area (Å²) in [4.78, 5) is 26.2. The van der Waals surface area contributed by atoms with Gasteiger partial charge in [-0.25, -0.2) is 13.2 Å². The molecule has 7 nitrogen and oxygen atoms in total. The SMILES string of the molecule is Cc1ccc(S(=O)(=O)N[C@H](C)C(=O)Oc2c(-c3ccccc3Cl)oc3ccc(Cl)cc3c2=O)cc1. The molecule has 0 saturated heterocycles. The Hall–Kier alpha value is -3.17. The molecule has 35 heavy (non-hydrogen) atoms. The number of carbonyl (C=O) groups is 1. The van der Waals surface area contributed by atoms with Gasteiger partial charge < -0.3 is 9.15 Å². The Bertz CT molecular complexity index is 1600. The van der Waals surface area contributed by atoms with Gasteiger partial charge >= 0.3 is 5.97 Å². The third kappa shape index (κ3) is 5.26. The number of hydrogen-bond donors (Lipinski definition) is 1. The number of esters is 1. The smallest absolute Gasteiger partial charge is 0.329 e. The van der Waals surface area contributed by atoms with Crippen molar-refractivity contribution in [3.63, 3.8) is 0 Å². The second kappa shape index (κ2) is 9.83. The van der Waals surface area contributed by atoms with E-state index in [-0.39, 0.29) is 31.7 Å². The average molecular weight is 532 g/mol. The summed E-state index contributed by atoms with van der Waals surface area (Å²) in [5.41, 5.74) is 0.748. The molecule has 180 valence electrons. The van der Waals surface area contributed by atoms with Crippen LogP contribution < -0.4 is 14.9 Å². The molecule has 0 radical (unpaired) electrons. The van der Waals surface area contributed by atoms with E-state index in [0.29, 0.717) is 5.56 Å². The molecule has 0 aliphatic rings. The Balaban J connectivity index is 1.73. The van der Waals surface area contributed by atoms with Crippen molar-refractivity contribution >= 4 is 50.2 Å². The lowest BCUT2D eigenvalue weighted by Crippen LogP contribution is -2.41. The fraction of sp³-hybridized carbons (Fsp3) is 0.120. The number of sulfonamides is 1. The third-order valence-electron chi connectivity index (χ3n) is 5.15. The maximum atomic E-state index is 13.3. The Morgan fingerprint density at radius 2 is 1.71 bits per heavy atom. The zero-order valence-corrected chi connectivity index (χ0v) is 20.9. The molecule has 0 bridgehead atoms. The van der Waals surface area contributed by atoms with Crippen LogP contribution in [-0.2, 0) is 14.8 Å². The molecule has 0 aliphatic carbocycles. The van der Waals surface area contributed by atoms with Gasteiger partial charge in [0.05, 0.1) is 15.3 Å². The number of fused-ring (bicyclic) bond motifs is 1. The molecule has 0 aliphatic heterocycles. The van der Waals surface area contributed by atoms with Crippen molar-refractivity contribution < 1.29 is 22.4 Å². The van der Waals surface area contributed by atoms with E-state index in [1.165, 1.54) is 31.2 Å². The molecule has 3 aromatic carbocycles. The van der Waals surface area contributed by atoms with E-state index in [9.17, 15) is 18.0 Å². The fourth-order valence-electron chi connectivity index (χ4n) is 3.32. The Kier molecular flexibility index (Phi) is 7.00. The molecule has 1 N–H and O–H groups in total. The van der Waals surface area contributed by atoms with Crippen LogP contribution in [0.3, 0.4) is 0 Å². The molecule has 1 atom stereocenters. The van der Waals surface area contributed by atoms with Gasteiger partial charge in [-0.2, -0.15) is 4.72 Å². The number of nitrogens with one attached hydrogen (secondary N) is 1. The van der Waals surface area contributed by atoms with Crippen LogP contribution in [-0.4, -0.2) is 20.4 Å². The highest BCUT2D eigenvalue weighted by Crippen LogP contribution is 2.35. The molecule has 10 heteroatoms. The van der Waals surface area contributed by atoms with Gasteiger partial charge in [0.2, 0.25) is 21.2 Å². The Morgan fingerprint density at radius 1 is 1.03 bits per heavy atom. The van der Waals surface area contributed by atoms with E-state index in [2.05, 4.69) is 4.72 Å². The van der Waals surface area contributed by atoms with E-state index < -0.39 is 33.2 Å². The van der Waals surface area contributed by atoms with Gasteiger partial charge in [0.1, 0.15) is 11.6 Å². The molecule has 4 aromatic rings. The van der Waals surface area contributed by atoms with Crippen molar-refractivity contribution in [3.05, 3.63) is 92.6 Å². The van der Waals surface area contributed by atoms with Gasteiger partial charge in [-0.3, -0.25) is 4.79 Å². The van der Waals surface area contributed by atoms with Crippen LogP contribution >= 0.6 is 23.2 Å². The second-order valence-electron chi connectivity index (χ2n) is 7.79. The van der Waals surface area contributed by atoms with Gasteiger partial charge in [-0.1, -0.05) is 53.0 Å². The summed E-state index contributed by atoms with van der Waals surface area (Å²) < 4.78 is 39.0. The third-order valence-corrected chi connectivity index (χ3v) is 7.27. The second-order valence-corrected chi connectivity index (χ2v) is 10.3. The number of halogens is 2. The van der Waals surface area contributed by atoms with Crippen molar-refractivity contribution in [1.29, 1.82) is 0 Å². The summed E-state index contributed by atoms with van der Waals surface area (Å²) in [6, 6.07) is 15.8. The van der Waals surface area contributed by atoms with Crippen LogP contribution in [0.1, 0.15) is 12.5 Å². The molecule has 0 fully saturated rings. The highest BCUT2D eigenvalue weighted by atomic mass is 35.5. The number of rotatable bonds is 6. The predicted octanol–water partition coefficient (Wildman–Crippen LogP) is 5.35. The van der Waals surface area contributed by atoms with Crippen molar-refractivity contribution in [3.8, 4) is 17.1 Å². The molecular formula is C25H19Cl2NO6S. The first kappa shape index (κ1) is 24.9. The van der Waals surface area contributed by atoms with E-state index in [1.54, 1.807) is 42.5 Å². The van der Waals surface area contributed by atoms with Gasteiger partial charge in [-0.05, 0) is 56.3 Å². The van der Waals surface area contributed by atoms with Crippen molar-refractivity contribution in [2.75, 3.05) is 0 Å². The first-order chi connectivity index (χ1) is 16.6. The molecule has 1 heterocycles. The zero-order valence-electron chi connectivity index (χ0n) is 18.5. The number of aryl methyl sites for hydroxylation is 1. The van der Waals surface area contributed by atoms with Crippen LogP contribution in [0.25, 0.3) is 22.3 Å².